The fourth-order valence-electron chi connectivity index (χ4n) is 8.24. The van der Waals surface area contributed by atoms with Crippen molar-refractivity contribution in [2.45, 2.75) is 246 Å². The first-order valence-electron chi connectivity index (χ1n) is 28.6. The van der Waals surface area contributed by atoms with Crippen molar-refractivity contribution in [2.24, 2.45) is 35.0 Å². The number of nitrogens with one attached hydrogen (secondary N) is 5. The predicted octanol–water partition coefficient (Wildman–Crippen LogP) is 2.58. The van der Waals surface area contributed by atoms with E-state index in [4.69, 9.17) is 65.2 Å². The van der Waals surface area contributed by atoms with Gasteiger partial charge in [-0.15, -0.1) is 0 Å². The molecule has 29 heteroatoms. The normalized spacial score (nSPS) is 18.1. The lowest BCUT2D eigenvalue weighted by molar-refractivity contribution is -0.161. The molecule has 83 heavy (non-hydrogen) atoms. The van der Waals surface area contributed by atoms with Gasteiger partial charge in [0.2, 0.25) is 23.6 Å². The molecule has 2 fully saturated rings. The van der Waals surface area contributed by atoms with E-state index in [0.29, 0.717) is 44.7 Å². The molecule has 26 nitrogen and oxygen atoms in total. The quantitative estimate of drug-likeness (QED) is 0.0305. The first-order chi connectivity index (χ1) is 37.7. The third-order valence-electron chi connectivity index (χ3n) is 13.8. The van der Waals surface area contributed by atoms with Crippen LogP contribution < -0.4 is 43.8 Å². The second-order valence-corrected chi connectivity index (χ2v) is 26.1. The predicted molar refractivity (Wildman–Crippen MR) is 316 cm³/mol. The lowest BCUT2D eigenvalue weighted by Crippen LogP contribution is -2.51. The molecule has 2 aliphatic heterocycles. The van der Waals surface area contributed by atoms with Gasteiger partial charge in [0.05, 0.1) is 35.5 Å². The molecule has 0 aromatic rings. The number of alkyl carbamates (subject to hydrolysis) is 1. The van der Waals surface area contributed by atoms with Crippen LogP contribution in [0.1, 0.15) is 170 Å². The van der Waals surface area contributed by atoms with E-state index in [1.165, 1.54) is 13.8 Å². The van der Waals surface area contributed by atoms with E-state index in [1.807, 2.05) is 55.4 Å². The van der Waals surface area contributed by atoms with Gasteiger partial charge in [-0.2, -0.15) is 0 Å². The average molecular weight is 1190 g/mol. The van der Waals surface area contributed by atoms with Gasteiger partial charge >= 0.3 is 45.4 Å². The van der Waals surface area contributed by atoms with Crippen LogP contribution in [0.15, 0.2) is 0 Å². The van der Waals surface area contributed by atoms with Crippen LogP contribution in [-0.4, -0.2) is 174 Å². The number of hydrogen-bond donors (Lipinski definition) is 11. The van der Waals surface area contributed by atoms with Gasteiger partial charge in [-0.1, -0.05) is 19.3 Å². The van der Waals surface area contributed by atoms with Gasteiger partial charge in [0.1, 0.15) is 34.9 Å². The average Bonchev–Trinajstić information content (AvgIpc) is 3.65. The molecule has 5 amide bonds. The van der Waals surface area contributed by atoms with Crippen LogP contribution in [-0.2, 0) is 66.4 Å². The van der Waals surface area contributed by atoms with Gasteiger partial charge in [0.15, 0.2) is 0 Å². The molecule has 0 spiro atoms. The van der Waals surface area contributed by atoms with Crippen LogP contribution in [0, 0.1) is 17.8 Å². The number of carbonyl (C=O) groups excluding carboxylic acids is 7. The first kappa shape index (κ1) is 78.4. The molecule has 0 aliphatic carbocycles. The summed E-state index contributed by atoms with van der Waals surface area (Å²) in [6, 6.07) is -2.85. The summed E-state index contributed by atoms with van der Waals surface area (Å²) in [7, 11) is -2.12. The maximum atomic E-state index is 13.0. The van der Waals surface area contributed by atoms with E-state index in [9.17, 15) is 38.4 Å². The van der Waals surface area contributed by atoms with Crippen LogP contribution >= 0.6 is 0 Å². The lowest BCUT2D eigenvalue weighted by atomic mass is 9.80. The maximum Gasteiger partial charge on any atom is 0.457 e. The highest BCUT2D eigenvalue weighted by atomic mass is 16.7. The fraction of sp³-hybridized carbons (Fsp3) is 0.852. The summed E-state index contributed by atoms with van der Waals surface area (Å²) in [5, 5.41) is 39.2. The Bertz CT molecular complexity index is 2050. The topological polar surface area (TPSA) is 400 Å². The number of aliphatic carboxylic acids is 1. The Labute approximate surface area is 494 Å². The molecule has 0 unspecified atom stereocenters. The molecular formula is C54H105B3N8O18. The van der Waals surface area contributed by atoms with Crippen LogP contribution in [0.4, 0.5) is 4.79 Å². The van der Waals surface area contributed by atoms with E-state index in [1.54, 1.807) is 62.3 Å². The number of esters is 2. The number of hydrogen-bond acceptors (Lipinski definition) is 20. The number of carboxylic acid groups (broad SMARTS) is 1. The van der Waals surface area contributed by atoms with Crippen LogP contribution in [0.2, 0.25) is 19.0 Å². The van der Waals surface area contributed by atoms with Crippen molar-refractivity contribution >= 4 is 69.0 Å². The summed E-state index contributed by atoms with van der Waals surface area (Å²) in [5.74, 6) is -4.91. The second kappa shape index (κ2) is 34.5. The molecule has 2 heterocycles. The Morgan fingerprint density at radius 2 is 0.916 bits per heavy atom. The molecule has 2 rings (SSSR count). The number of amides is 5. The number of carboxylic acids is 1. The Kier molecular flexibility index (Phi) is 32.6. The summed E-state index contributed by atoms with van der Waals surface area (Å²) in [6.45, 7) is 34.5. The SMILES string of the molecule is CC(=O)N[C@H](C(=O)OC(C)(C)C)[C@@H](CCCB1OC(C)(C)C(C)(C)O1)CNC(=O)CNC(=O)OC(C)(C)C.CC(=O)N[C@H](C(=O)OC(C)(C)C)[C@H](CN)CCCB1OC(C)(C)C(C)(C)O1.NCC(=O)NC[C@H](CCCB(O)O)[C@H](N)C(=O)O. The summed E-state index contributed by atoms with van der Waals surface area (Å²) in [5.41, 5.74) is 12.8. The molecule has 2 aliphatic rings. The third-order valence-corrected chi connectivity index (χ3v) is 13.8. The first-order valence-corrected chi connectivity index (χ1v) is 28.6. The Hall–Kier alpha value is -4.61. The van der Waals surface area contributed by atoms with Crippen molar-refractivity contribution in [2.75, 3.05) is 32.7 Å². The summed E-state index contributed by atoms with van der Waals surface area (Å²) in [6.07, 6.45) is 3.95. The molecule has 0 radical (unpaired) electrons. The molecule has 0 bridgehead atoms. The fourth-order valence-corrected chi connectivity index (χ4v) is 8.24. The zero-order valence-corrected chi connectivity index (χ0v) is 53.3. The number of nitrogens with two attached hydrogens (primary N) is 3. The zero-order valence-electron chi connectivity index (χ0n) is 53.3. The van der Waals surface area contributed by atoms with Gasteiger partial charge in [-0.3, -0.25) is 24.0 Å². The van der Waals surface area contributed by atoms with Crippen molar-refractivity contribution in [1.29, 1.82) is 0 Å². The largest absolute Gasteiger partial charge is 0.480 e. The summed E-state index contributed by atoms with van der Waals surface area (Å²) >= 11 is 0. The number of rotatable bonds is 28. The van der Waals surface area contributed by atoms with Crippen LogP contribution in [0.25, 0.3) is 0 Å². The van der Waals surface area contributed by atoms with Crippen molar-refractivity contribution in [3.63, 3.8) is 0 Å². The lowest BCUT2D eigenvalue weighted by Gasteiger charge is -2.32. The summed E-state index contributed by atoms with van der Waals surface area (Å²) in [4.78, 5) is 95.2. The van der Waals surface area contributed by atoms with Crippen molar-refractivity contribution in [3.05, 3.63) is 0 Å². The van der Waals surface area contributed by atoms with E-state index >= 15 is 0 Å². The molecule has 6 atom stereocenters. The highest BCUT2D eigenvalue weighted by molar-refractivity contribution is 6.45. The number of ether oxygens (including phenoxy) is 3. The second-order valence-electron chi connectivity index (χ2n) is 26.1. The van der Waals surface area contributed by atoms with Gasteiger partial charge in [-0.25, -0.2) is 14.4 Å². The molecule has 14 N–H and O–H groups in total. The van der Waals surface area contributed by atoms with Gasteiger partial charge in [-0.05, 0) is 162 Å². The minimum atomic E-state index is -1.43. The number of carbonyl (C=O) groups is 8. The zero-order chi connectivity index (χ0) is 64.7. The Morgan fingerprint density at radius 1 is 0.554 bits per heavy atom. The Balaban J connectivity index is 0.00000130. The third kappa shape index (κ3) is 31.9. The van der Waals surface area contributed by atoms with Gasteiger partial charge < -0.3 is 91.8 Å². The molecular weight excluding hydrogens is 1080 g/mol. The minimum Gasteiger partial charge on any atom is -0.480 e. The standard InChI is InChI=1S/C26H48BN3O8.C19H37BN2O5.C9H20BN3O5/c1-17(31)30-20(21(33)35-23(2,3)4)18(13-12-14-27-37-25(8,9)26(10,11)38-27)15-28-19(32)16-29-22(34)36-24(5,6)7;1-13(23)22-15(16(24)25-17(2,3)4)14(12-21)10-9-11-20-26-18(5,6)19(7,8)27-20;11-4-7(14)13-5-6(8(12)9(15)16)2-1-3-10(17)18/h18,20H,12-16H2,1-11H3,(H,28,32)(H,29,34)(H,30,31);14-15H,9-12,21H2,1-8H3,(H,22,23);6,8,17-18H,1-5,11-12H2,(H,13,14)(H,15,16)/t18-,20-;14-,15-;6-,8-/m000/s1. The molecule has 2 saturated heterocycles. The maximum absolute atomic E-state index is 13.0. The summed E-state index contributed by atoms with van der Waals surface area (Å²) < 4.78 is 40.3. The van der Waals surface area contributed by atoms with E-state index in [0.717, 1.165) is 6.42 Å². The van der Waals surface area contributed by atoms with Crippen LogP contribution in [0.3, 0.4) is 0 Å². The highest BCUT2D eigenvalue weighted by Gasteiger charge is 2.52. The molecule has 0 saturated carbocycles. The molecule has 0 aromatic carbocycles. The monoisotopic (exact) mass is 1190 g/mol. The van der Waals surface area contributed by atoms with Crippen molar-refractivity contribution in [3.8, 4) is 0 Å². The van der Waals surface area contributed by atoms with E-state index in [-0.39, 0.29) is 75.1 Å². The highest BCUT2D eigenvalue weighted by Crippen LogP contribution is 2.39. The van der Waals surface area contributed by atoms with Crippen molar-refractivity contribution in [1.82, 2.24) is 26.6 Å². The smallest absolute Gasteiger partial charge is 0.457 e. The Morgan fingerprint density at radius 3 is 1.27 bits per heavy atom. The molecule has 478 valence electrons. The van der Waals surface area contributed by atoms with Gasteiger partial charge in [0.25, 0.3) is 0 Å². The van der Waals surface area contributed by atoms with E-state index < -0.39 is 108 Å². The van der Waals surface area contributed by atoms with E-state index in [2.05, 4.69) is 26.6 Å². The minimum absolute atomic E-state index is 0.0718. The van der Waals surface area contributed by atoms with Gasteiger partial charge in [0, 0.05) is 44.7 Å². The molecule has 0 aromatic heterocycles. The van der Waals surface area contributed by atoms with Crippen LogP contribution in [0.5, 0.6) is 0 Å². The van der Waals surface area contributed by atoms with Crippen molar-refractivity contribution < 1.29 is 86.3 Å².